The van der Waals surface area contributed by atoms with Gasteiger partial charge in [0.25, 0.3) is 11.5 Å². The van der Waals surface area contributed by atoms with Crippen LogP contribution in [0, 0.1) is 19.7 Å². The molecule has 1 saturated carbocycles. The summed E-state index contributed by atoms with van der Waals surface area (Å²) in [5, 5.41) is 7.10. The maximum atomic E-state index is 14.3. The second-order valence-corrected chi connectivity index (χ2v) is 8.91. The third-order valence-corrected chi connectivity index (χ3v) is 6.61. The van der Waals surface area contributed by atoms with E-state index in [2.05, 4.69) is 10.5 Å². The van der Waals surface area contributed by atoms with Gasteiger partial charge in [0.1, 0.15) is 17.2 Å². The molecule has 9 heteroatoms. The third-order valence-electron chi connectivity index (χ3n) is 6.30. The molecule has 0 unspecified atom stereocenters. The maximum absolute atomic E-state index is 14.3. The van der Waals surface area contributed by atoms with Crippen molar-refractivity contribution in [3.63, 3.8) is 0 Å². The molecule has 5 rings (SSSR count). The quantitative estimate of drug-likeness (QED) is 0.416. The minimum absolute atomic E-state index is 0.0338. The zero-order chi connectivity index (χ0) is 24.1. The van der Waals surface area contributed by atoms with E-state index in [0.29, 0.717) is 33.5 Å². The van der Waals surface area contributed by atoms with Crippen molar-refractivity contribution in [2.24, 2.45) is 7.05 Å². The van der Waals surface area contributed by atoms with Gasteiger partial charge in [-0.15, -0.1) is 0 Å². The van der Waals surface area contributed by atoms with E-state index in [0.717, 1.165) is 0 Å². The van der Waals surface area contributed by atoms with Crippen molar-refractivity contribution in [3.8, 4) is 17.0 Å². The first kappa shape index (κ1) is 22.2. The van der Waals surface area contributed by atoms with Crippen LogP contribution in [0.1, 0.15) is 46.1 Å². The molecule has 7 nitrogen and oxygen atoms in total. The molecule has 34 heavy (non-hydrogen) atoms. The molecule has 2 aromatic heterocycles. The van der Waals surface area contributed by atoms with Crippen LogP contribution in [0.5, 0.6) is 0 Å². The number of nitrogens with one attached hydrogen (secondary N) is 1. The van der Waals surface area contributed by atoms with E-state index in [4.69, 9.17) is 16.1 Å². The summed E-state index contributed by atoms with van der Waals surface area (Å²) in [5.41, 5.74) is 2.40. The summed E-state index contributed by atoms with van der Waals surface area (Å²) in [7, 11) is 1.62. The molecule has 1 aliphatic carbocycles. The minimum atomic E-state index is -0.607. The molecule has 0 spiro atoms. The molecule has 0 aliphatic heterocycles. The molecular formula is C25H22ClFN4O3. The average molecular weight is 481 g/mol. The third kappa shape index (κ3) is 3.64. The number of amides is 1. The van der Waals surface area contributed by atoms with Gasteiger partial charge in [0, 0.05) is 18.2 Å². The van der Waals surface area contributed by atoms with Crippen LogP contribution >= 0.6 is 11.6 Å². The molecule has 1 N–H and O–H groups in total. The Balaban J connectivity index is 1.46. The standard InChI is InChI=1S/C25H22ClFN4O3/c1-13-21(29-34-23(13)17-11-10-16(12-18(17)26)15-8-9-15)24(32)28-22-14(2)30(3)31(25(22)33)20-7-5-4-6-19(20)27/h4-7,10-12,15H,8-9H2,1-3H3,(H,28,32). The van der Waals surface area contributed by atoms with Gasteiger partial charge in [-0.1, -0.05) is 35.0 Å². The van der Waals surface area contributed by atoms with E-state index in [9.17, 15) is 14.0 Å². The van der Waals surface area contributed by atoms with E-state index >= 15 is 0 Å². The summed E-state index contributed by atoms with van der Waals surface area (Å²) in [6.07, 6.45) is 2.33. The van der Waals surface area contributed by atoms with Gasteiger partial charge in [0.05, 0.1) is 10.7 Å². The Hall–Kier alpha value is -3.65. The van der Waals surface area contributed by atoms with Crippen LogP contribution in [-0.4, -0.2) is 20.4 Å². The molecule has 1 amide bonds. The Morgan fingerprint density at radius 1 is 1.21 bits per heavy atom. The van der Waals surface area contributed by atoms with Gasteiger partial charge >= 0.3 is 0 Å². The highest BCUT2D eigenvalue weighted by molar-refractivity contribution is 6.33. The van der Waals surface area contributed by atoms with Crippen LogP contribution < -0.4 is 10.9 Å². The summed E-state index contributed by atoms with van der Waals surface area (Å²) in [5.74, 6) is -0.202. The number of aromatic nitrogens is 3. The summed E-state index contributed by atoms with van der Waals surface area (Å²) in [4.78, 5) is 26.1. The molecule has 0 atom stereocenters. The van der Waals surface area contributed by atoms with Crippen LogP contribution in [0.25, 0.3) is 17.0 Å². The highest BCUT2D eigenvalue weighted by Gasteiger charge is 2.27. The number of halogens is 2. The van der Waals surface area contributed by atoms with Gasteiger partial charge in [-0.05, 0) is 62.4 Å². The van der Waals surface area contributed by atoms with Crippen LogP contribution in [0.15, 0.2) is 51.8 Å². The first-order chi connectivity index (χ1) is 16.3. The van der Waals surface area contributed by atoms with Crippen LogP contribution in [-0.2, 0) is 7.05 Å². The number of para-hydroxylation sites is 1. The molecule has 1 fully saturated rings. The van der Waals surface area contributed by atoms with Gasteiger partial charge < -0.3 is 9.84 Å². The molecule has 1 aliphatic rings. The fraction of sp³-hybridized carbons (Fsp3) is 0.240. The maximum Gasteiger partial charge on any atom is 0.295 e. The molecule has 174 valence electrons. The van der Waals surface area contributed by atoms with Crippen molar-refractivity contribution in [1.29, 1.82) is 0 Å². The first-order valence-corrected chi connectivity index (χ1v) is 11.3. The number of benzene rings is 2. The number of carbonyl (C=O) groups excluding carboxylic acids is 1. The summed E-state index contributed by atoms with van der Waals surface area (Å²) >= 11 is 6.49. The number of carbonyl (C=O) groups is 1. The summed E-state index contributed by atoms with van der Waals surface area (Å²) in [6, 6.07) is 11.7. The molecule has 2 aromatic carbocycles. The second-order valence-electron chi connectivity index (χ2n) is 8.51. The molecule has 4 aromatic rings. The Bertz CT molecular complexity index is 1500. The zero-order valence-corrected chi connectivity index (χ0v) is 19.6. The number of rotatable bonds is 5. The molecule has 0 saturated heterocycles. The van der Waals surface area contributed by atoms with Crippen LogP contribution in [0.2, 0.25) is 5.02 Å². The lowest BCUT2D eigenvalue weighted by atomic mass is 10.0. The summed E-state index contributed by atoms with van der Waals surface area (Å²) in [6.45, 7) is 3.37. The van der Waals surface area contributed by atoms with E-state index in [-0.39, 0.29) is 17.1 Å². The predicted octanol–water partition coefficient (Wildman–Crippen LogP) is 5.37. The second kappa shape index (κ2) is 8.29. The summed E-state index contributed by atoms with van der Waals surface area (Å²) < 4.78 is 22.5. The number of hydrogen-bond acceptors (Lipinski definition) is 4. The lowest BCUT2D eigenvalue weighted by molar-refractivity contribution is 0.101. The fourth-order valence-electron chi connectivity index (χ4n) is 4.10. The molecule has 0 radical (unpaired) electrons. The number of hydrogen-bond donors (Lipinski definition) is 1. The minimum Gasteiger partial charge on any atom is -0.355 e. The fourth-order valence-corrected chi connectivity index (χ4v) is 4.38. The van der Waals surface area contributed by atoms with Gasteiger partial charge in [-0.25, -0.2) is 9.07 Å². The monoisotopic (exact) mass is 480 g/mol. The first-order valence-electron chi connectivity index (χ1n) is 10.9. The highest BCUT2D eigenvalue weighted by Crippen LogP contribution is 2.42. The van der Waals surface area contributed by atoms with Crippen molar-refractivity contribution in [2.75, 3.05) is 5.32 Å². The smallest absolute Gasteiger partial charge is 0.295 e. The molecule has 2 heterocycles. The highest BCUT2D eigenvalue weighted by atomic mass is 35.5. The predicted molar refractivity (Wildman–Crippen MR) is 127 cm³/mol. The van der Waals surface area contributed by atoms with Crippen molar-refractivity contribution in [3.05, 3.63) is 86.2 Å². The Morgan fingerprint density at radius 3 is 2.62 bits per heavy atom. The van der Waals surface area contributed by atoms with Gasteiger partial charge in [-0.2, -0.15) is 0 Å². The topological polar surface area (TPSA) is 82.1 Å². The Labute approximate surface area is 199 Å². The zero-order valence-electron chi connectivity index (χ0n) is 18.9. The average Bonchev–Trinajstić information content (AvgIpc) is 3.56. The SMILES string of the molecule is Cc1c(C(=O)Nc2c(C)n(C)n(-c3ccccc3F)c2=O)noc1-c1ccc(C2CC2)cc1Cl. The lowest BCUT2D eigenvalue weighted by Gasteiger charge is -2.08. The van der Waals surface area contributed by atoms with Gasteiger partial charge in [0.15, 0.2) is 11.5 Å². The largest absolute Gasteiger partial charge is 0.355 e. The van der Waals surface area contributed by atoms with Crippen LogP contribution in [0.3, 0.4) is 0 Å². The Kier molecular flexibility index (Phi) is 5.40. The van der Waals surface area contributed by atoms with Crippen molar-refractivity contribution >= 4 is 23.2 Å². The lowest BCUT2D eigenvalue weighted by Crippen LogP contribution is -2.24. The normalized spacial score (nSPS) is 13.3. The van der Waals surface area contributed by atoms with E-state index in [1.165, 1.54) is 39.9 Å². The van der Waals surface area contributed by atoms with Crippen molar-refractivity contribution in [1.82, 2.24) is 14.5 Å². The van der Waals surface area contributed by atoms with Crippen LogP contribution in [0.4, 0.5) is 10.1 Å². The van der Waals surface area contributed by atoms with E-state index < -0.39 is 17.3 Å². The molecular weight excluding hydrogens is 459 g/mol. The van der Waals surface area contributed by atoms with Crippen molar-refractivity contribution < 1.29 is 13.7 Å². The van der Waals surface area contributed by atoms with Crippen molar-refractivity contribution in [2.45, 2.75) is 32.6 Å². The molecule has 0 bridgehead atoms. The van der Waals surface area contributed by atoms with E-state index in [1.54, 1.807) is 33.0 Å². The van der Waals surface area contributed by atoms with Gasteiger partial charge in [-0.3, -0.25) is 14.3 Å². The number of anilines is 1. The number of nitrogens with zero attached hydrogens (tertiary/aromatic N) is 3. The van der Waals surface area contributed by atoms with E-state index in [1.807, 2.05) is 18.2 Å². The van der Waals surface area contributed by atoms with Gasteiger partial charge in [0.2, 0.25) is 0 Å². The Morgan fingerprint density at radius 2 is 1.94 bits per heavy atom.